The van der Waals surface area contributed by atoms with Gasteiger partial charge in [0.05, 0.1) is 41.3 Å². The van der Waals surface area contributed by atoms with Crippen LogP contribution in [0, 0.1) is 18.8 Å². The first kappa shape index (κ1) is 31.7. The largest absolute Gasteiger partial charge is 0.394 e. The highest BCUT2D eigenvalue weighted by atomic mass is 35.5. The zero-order chi connectivity index (χ0) is 32.6. The lowest BCUT2D eigenvalue weighted by atomic mass is 9.70. The van der Waals surface area contributed by atoms with Crippen LogP contribution in [0.3, 0.4) is 0 Å². The van der Waals surface area contributed by atoms with Crippen molar-refractivity contribution in [3.05, 3.63) is 120 Å². The van der Waals surface area contributed by atoms with Crippen LogP contribution in [-0.4, -0.2) is 65.2 Å². The molecule has 3 fully saturated rings. The van der Waals surface area contributed by atoms with Crippen LogP contribution in [0.5, 0.6) is 0 Å². The number of hydrogen-bond donors (Lipinski definition) is 1. The number of benzene rings is 3. The second-order valence-electron chi connectivity index (χ2n) is 12.1. The van der Waals surface area contributed by atoms with Gasteiger partial charge in [0.2, 0.25) is 11.8 Å². The summed E-state index contributed by atoms with van der Waals surface area (Å²) in [6.07, 6.45) is 3.64. The Bertz CT molecular complexity index is 1630. The number of aryl methyl sites for hydroxylation is 1. The maximum atomic E-state index is 15.1. The number of carbonyl (C=O) groups excluding carboxylic acids is 3. The lowest BCUT2D eigenvalue weighted by Gasteiger charge is -2.39. The highest BCUT2D eigenvalue weighted by Crippen LogP contribution is 2.60. The third-order valence-corrected chi connectivity index (χ3v) is 9.94. The molecular weight excluding hydrogens is 602 g/mol. The molecule has 3 saturated heterocycles. The number of amides is 3. The minimum absolute atomic E-state index is 0.130. The van der Waals surface area contributed by atoms with Gasteiger partial charge < -0.3 is 24.5 Å². The van der Waals surface area contributed by atoms with Crippen LogP contribution < -0.4 is 9.80 Å². The van der Waals surface area contributed by atoms with Crippen LogP contribution in [0.4, 0.5) is 11.4 Å². The summed E-state index contributed by atoms with van der Waals surface area (Å²) in [4.78, 5) is 49.1. The van der Waals surface area contributed by atoms with E-state index in [1.165, 1.54) is 4.90 Å². The summed E-state index contributed by atoms with van der Waals surface area (Å²) in [5, 5.41) is 11.2. The van der Waals surface area contributed by atoms with E-state index in [4.69, 9.17) is 16.3 Å². The van der Waals surface area contributed by atoms with Crippen molar-refractivity contribution in [2.75, 3.05) is 29.5 Å². The molecule has 0 aliphatic carbocycles. The maximum absolute atomic E-state index is 15.1. The van der Waals surface area contributed by atoms with E-state index < -0.39 is 48.1 Å². The van der Waals surface area contributed by atoms with Crippen LogP contribution in [0.2, 0.25) is 5.02 Å². The Labute approximate surface area is 274 Å². The van der Waals surface area contributed by atoms with Crippen molar-refractivity contribution >= 4 is 40.7 Å². The Morgan fingerprint density at radius 2 is 1.65 bits per heavy atom. The molecule has 2 bridgehead atoms. The van der Waals surface area contributed by atoms with Crippen LogP contribution >= 0.6 is 11.6 Å². The zero-order valence-electron chi connectivity index (χ0n) is 25.8. The van der Waals surface area contributed by atoms with E-state index in [0.717, 1.165) is 5.56 Å². The fourth-order valence-electron chi connectivity index (χ4n) is 7.79. The molecule has 1 spiro atoms. The van der Waals surface area contributed by atoms with E-state index in [0.29, 0.717) is 34.8 Å². The summed E-state index contributed by atoms with van der Waals surface area (Å²) in [5.41, 5.74) is 1.37. The minimum Gasteiger partial charge on any atom is -0.394 e. The second kappa shape index (κ2) is 12.9. The number of para-hydroxylation sites is 2. The molecule has 3 heterocycles. The van der Waals surface area contributed by atoms with Crippen molar-refractivity contribution in [3.63, 3.8) is 0 Å². The summed E-state index contributed by atoms with van der Waals surface area (Å²) in [5.74, 6) is -2.80. The maximum Gasteiger partial charge on any atom is 0.253 e. The molecule has 0 radical (unpaired) electrons. The van der Waals surface area contributed by atoms with Gasteiger partial charge in [-0.1, -0.05) is 84.4 Å². The van der Waals surface area contributed by atoms with Gasteiger partial charge in [-0.2, -0.15) is 0 Å². The van der Waals surface area contributed by atoms with E-state index in [1.54, 1.807) is 28.0 Å². The monoisotopic (exact) mass is 639 g/mol. The molecule has 0 saturated carbocycles. The van der Waals surface area contributed by atoms with Gasteiger partial charge in [-0.15, -0.1) is 13.2 Å². The number of nitrogens with zero attached hydrogens (tertiary/aromatic N) is 3. The van der Waals surface area contributed by atoms with Crippen LogP contribution in [0.1, 0.15) is 30.0 Å². The number of hydrogen-bond acceptors (Lipinski definition) is 5. The average Bonchev–Trinajstić information content (AvgIpc) is 3.71. The topological polar surface area (TPSA) is 90.4 Å². The van der Waals surface area contributed by atoms with Gasteiger partial charge in [0, 0.05) is 18.8 Å². The Morgan fingerprint density at radius 1 is 1.00 bits per heavy atom. The number of rotatable bonds is 11. The molecule has 3 aliphatic heterocycles. The van der Waals surface area contributed by atoms with Gasteiger partial charge in [-0.05, 0) is 49.1 Å². The fourth-order valence-corrected chi connectivity index (χ4v) is 8.11. The molecular formula is C37H38ClN3O5. The number of aliphatic hydroxyl groups excluding tert-OH is 1. The highest BCUT2D eigenvalue weighted by molar-refractivity contribution is 6.34. The van der Waals surface area contributed by atoms with Gasteiger partial charge in [0.25, 0.3) is 5.91 Å². The van der Waals surface area contributed by atoms with E-state index in [2.05, 4.69) is 13.2 Å². The van der Waals surface area contributed by atoms with Crippen molar-refractivity contribution in [2.24, 2.45) is 11.8 Å². The van der Waals surface area contributed by atoms with Crippen LogP contribution in [0.15, 0.2) is 104 Å². The number of carbonyl (C=O) groups is 3. The first-order valence-corrected chi connectivity index (χ1v) is 16.0. The molecule has 46 heavy (non-hydrogen) atoms. The average molecular weight is 640 g/mol. The van der Waals surface area contributed by atoms with Crippen molar-refractivity contribution in [1.82, 2.24) is 4.90 Å². The molecule has 3 aromatic carbocycles. The number of halogens is 1. The Balaban J connectivity index is 1.49. The Morgan fingerprint density at radius 3 is 2.28 bits per heavy atom. The predicted molar refractivity (Wildman–Crippen MR) is 178 cm³/mol. The Hall–Kier alpha value is -4.24. The normalized spacial score (nSPS) is 25.2. The molecule has 6 atom stereocenters. The van der Waals surface area contributed by atoms with Gasteiger partial charge in [-0.3, -0.25) is 14.4 Å². The predicted octanol–water partition coefficient (Wildman–Crippen LogP) is 5.49. The standard InChI is InChI=1S/C37H38ClN3O5/c1-4-21-39(26-16-10-7-11-17-26)34(43)30-29-19-20-37(46-29)31(30)35(44)41(28(23-42)25-14-8-6-9-15-25)33(37)36(45)40(22-5-2)32-24(3)13-12-18-27(32)38/h4-18,28-31,33,42H,1-2,19-23H2,3H3/t28-,29-,30+,31+,33?,37?/m1/s1. The van der Waals surface area contributed by atoms with Crippen molar-refractivity contribution < 1.29 is 24.2 Å². The molecule has 3 aromatic rings. The van der Waals surface area contributed by atoms with E-state index in [-0.39, 0.29) is 24.9 Å². The van der Waals surface area contributed by atoms with E-state index in [1.807, 2.05) is 79.7 Å². The molecule has 2 unspecified atom stereocenters. The van der Waals surface area contributed by atoms with Crippen LogP contribution in [-0.2, 0) is 19.1 Å². The third kappa shape index (κ3) is 5.05. The lowest BCUT2D eigenvalue weighted by Crippen LogP contribution is -2.57. The number of fused-ring (bicyclic) bond motifs is 1. The molecule has 0 aromatic heterocycles. The molecule has 8 nitrogen and oxygen atoms in total. The van der Waals surface area contributed by atoms with E-state index in [9.17, 15) is 14.7 Å². The Kier molecular flexibility index (Phi) is 8.88. The van der Waals surface area contributed by atoms with Crippen molar-refractivity contribution in [2.45, 2.75) is 43.6 Å². The number of ether oxygens (including phenoxy) is 1. The summed E-state index contributed by atoms with van der Waals surface area (Å²) < 4.78 is 6.75. The number of anilines is 2. The SMILES string of the molecule is C=CCN(C(=O)[C@@H]1[C@H]2C(=O)N([C@H](CO)c3ccccc3)C(C(=O)N(CC=C)c3c(C)cccc3Cl)C23CC[C@H]1O3)c1ccccc1. The van der Waals surface area contributed by atoms with Gasteiger partial charge in [0.15, 0.2) is 0 Å². The van der Waals surface area contributed by atoms with Crippen molar-refractivity contribution in [3.8, 4) is 0 Å². The quantitative estimate of drug-likeness (QED) is 0.280. The van der Waals surface area contributed by atoms with Gasteiger partial charge in [0.1, 0.15) is 11.6 Å². The zero-order valence-corrected chi connectivity index (χ0v) is 26.6. The first-order chi connectivity index (χ1) is 22.3. The van der Waals surface area contributed by atoms with Crippen LogP contribution in [0.25, 0.3) is 0 Å². The third-order valence-electron chi connectivity index (χ3n) is 9.63. The smallest absolute Gasteiger partial charge is 0.253 e. The first-order valence-electron chi connectivity index (χ1n) is 15.6. The fraction of sp³-hybridized carbons (Fsp3) is 0.324. The van der Waals surface area contributed by atoms with Gasteiger partial charge >= 0.3 is 0 Å². The number of likely N-dealkylation sites (tertiary alicyclic amines) is 1. The van der Waals surface area contributed by atoms with Crippen molar-refractivity contribution in [1.29, 1.82) is 0 Å². The lowest BCUT2D eigenvalue weighted by molar-refractivity contribution is -0.144. The molecule has 3 aliphatic rings. The summed E-state index contributed by atoms with van der Waals surface area (Å²) in [6.45, 7) is 9.57. The second-order valence-corrected chi connectivity index (χ2v) is 12.5. The van der Waals surface area contributed by atoms with Gasteiger partial charge in [-0.25, -0.2) is 0 Å². The summed E-state index contributed by atoms with van der Waals surface area (Å²) >= 11 is 6.70. The number of aliphatic hydroxyl groups is 1. The molecule has 1 N–H and O–H groups in total. The van der Waals surface area contributed by atoms with E-state index >= 15 is 4.79 Å². The molecule has 9 heteroatoms. The highest BCUT2D eigenvalue weighted by Gasteiger charge is 2.75. The summed E-state index contributed by atoms with van der Waals surface area (Å²) in [6, 6.07) is 21.8. The molecule has 238 valence electrons. The summed E-state index contributed by atoms with van der Waals surface area (Å²) in [7, 11) is 0. The molecule has 3 amide bonds. The molecule has 6 rings (SSSR count). The minimum atomic E-state index is -1.29.